The Morgan fingerprint density at radius 2 is 1.64 bits per heavy atom. The summed E-state index contributed by atoms with van der Waals surface area (Å²) in [7, 11) is 0. The molecule has 140 valence electrons. The highest BCUT2D eigenvalue weighted by atomic mass is 35.5. The topological polar surface area (TPSA) is 44.1 Å². The van der Waals surface area contributed by atoms with Crippen molar-refractivity contribution in [2.24, 2.45) is 0 Å². The maximum atomic E-state index is 13.3. The van der Waals surface area contributed by atoms with E-state index in [1.807, 2.05) is 67.6 Å². The van der Waals surface area contributed by atoms with E-state index in [-0.39, 0.29) is 5.56 Å². The van der Waals surface area contributed by atoms with Gasteiger partial charge in [-0.2, -0.15) is 0 Å². The first-order chi connectivity index (χ1) is 13.6. The van der Waals surface area contributed by atoms with Crippen molar-refractivity contribution >= 4 is 22.5 Å². The fraction of sp³-hybridized carbons (Fsp3) is 0.130. The van der Waals surface area contributed by atoms with E-state index in [0.29, 0.717) is 28.4 Å². The van der Waals surface area contributed by atoms with Gasteiger partial charge in [-0.1, -0.05) is 66.2 Å². The predicted molar refractivity (Wildman–Crippen MR) is 112 cm³/mol. The SMILES string of the molecule is CC(OCc1ccccc1)c1nc2cccc(Cl)c2c(=O)n1-c1ccccc1. The molecule has 0 aliphatic rings. The molecule has 0 aliphatic heterocycles. The molecule has 4 rings (SSSR count). The molecular formula is C23H19ClN2O2. The van der Waals surface area contributed by atoms with Crippen molar-refractivity contribution in [3.8, 4) is 5.69 Å². The van der Waals surface area contributed by atoms with Gasteiger partial charge < -0.3 is 4.74 Å². The van der Waals surface area contributed by atoms with Crippen molar-refractivity contribution in [1.29, 1.82) is 0 Å². The van der Waals surface area contributed by atoms with Crippen LogP contribution in [0.15, 0.2) is 83.7 Å². The number of ether oxygens (including phenoxy) is 1. The minimum Gasteiger partial charge on any atom is -0.366 e. The number of para-hydroxylation sites is 1. The summed E-state index contributed by atoms with van der Waals surface area (Å²) in [5, 5.41) is 0.802. The van der Waals surface area contributed by atoms with Crippen LogP contribution in [0.3, 0.4) is 0 Å². The van der Waals surface area contributed by atoms with E-state index in [4.69, 9.17) is 21.3 Å². The van der Waals surface area contributed by atoms with Crippen LogP contribution in [-0.4, -0.2) is 9.55 Å². The van der Waals surface area contributed by atoms with Crippen LogP contribution in [0.25, 0.3) is 16.6 Å². The summed E-state index contributed by atoms with van der Waals surface area (Å²) in [6, 6.07) is 24.6. The summed E-state index contributed by atoms with van der Waals surface area (Å²) in [5.74, 6) is 0.543. The number of halogens is 1. The van der Waals surface area contributed by atoms with Crippen LogP contribution in [0.2, 0.25) is 5.02 Å². The van der Waals surface area contributed by atoms with Gasteiger partial charge in [0, 0.05) is 0 Å². The molecule has 0 fully saturated rings. The molecule has 0 saturated carbocycles. The van der Waals surface area contributed by atoms with Crippen molar-refractivity contribution in [2.45, 2.75) is 19.6 Å². The third-order valence-corrected chi connectivity index (χ3v) is 4.91. The second-order valence-corrected chi connectivity index (χ2v) is 6.93. The van der Waals surface area contributed by atoms with Crippen LogP contribution in [0, 0.1) is 0 Å². The first-order valence-electron chi connectivity index (χ1n) is 9.07. The summed E-state index contributed by atoms with van der Waals surface area (Å²) in [6.07, 6.45) is -0.392. The van der Waals surface area contributed by atoms with Gasteiger partial charge >= 0.3 is 0 Å². The average Bonchev–Trinajstić information content (AvgIpc) is 2.73. The van der Waals surface area contributed by atoms with E-state index in [2.05, 4.69) is 0 Å². The molecule has 1 unspecified atom stereocenters. The van der Waals surface area contributed by atoms with Crippen molar-refractivity contribution in [3.05, 3.63) is 106 Å². The van der Waals surface area contributed by atoms with E-state index >= 15 is 0 Å². The quantitative estimate of drug-likeness (QED) is 0.463. The van der Waals surface area contributed by atoms with E-state index < -0.39 is 6.10 Å². The van der Waals surface area contributed by atoms with Crippen LogP contribution in [0.5, 0.6) is 0 Å². The summed E-state index contributed by atoms with van der Waals surface area (Å²) < 4.78 is 7.64. The Balaban J connectivity index is 1.83. The molecule has 5 heteroatoms. The number of fused-ring (bicyclic) bond motifs is 1. The normalized spacial score (nSPS) is 12.2. The molecule has 1 aromatic heterocycles. The van der Waals surface area contributed by atoms with Gasteiger partial charge in [-0.3, -0.25) is 9.36 Å². The maximum Gasteiger partial charge on any atom is 0.267 e. The van der Waals surface area contributed by atoms with Gasteiger partial charge in [0.15, 0.2) is 0 Å². The molecule has 0 N–H and O–H groups in total. The first-order valence-corrected chi connectivity index (χ1v) is 9.45. The van der Waals surface area contributed by atoms with Crippen molar-refractivity contribution < 1.29 is 4.74 Å². The summed E-state index contributed by atoms with van der Waals surface area (Å²) in [4.78, 5) is 18.1. The van der Waals surface area contributed by atoms with Crippen LogP contribution in [-0.2, 0) is 11.3 Å². The Bertz CT molecular complexity index is 1160. The van der Waals surface area contributed by atoms with E-state index in [0.717, 1.165) is 11.3 Å². The van der Waals surface area contributed by atoms with E-state index in [1.54, 1.807) is 22.8 Å². The van der Waals surface area contributed by atoms with Crippen LogP contribution >= 0.6 is 11.6 Å². The monoisotopic (exact) mass is 390 g/mol. The highest BCUT2D eigenvalue weighted by molar-refractivity contribution is 6.35. The van der Waals surface area contributed by atoms with Gasteiger partial charge in [0.2, 0.25) is 0 Å². The third kappa shape index (κ3) is 3.57. The lowest BCUT2D eigenvalue weighted by molar-refractivity contribution is 0.0452. The number of aromatic nitrogens is 2. The fourth-order valence-electron chi connectivity index (χ4n) is 3.18. The van der Waals surface area contributed by atoms with Crippen LogP contribution in [0.1, 0.15) is 24.4 Å². The minimum atomic E-state index is -0.392. The lowest BCUT2D eigenvalue weighted by atomic mass is 10.2. The van der Waals surface area contributed by atoms with Crippen molar-refractivity contribution in [2.75, 3.05) is 0 Å². The Labute approximate surface area is 168 Å². The molecular weight excluding hydrogens is 372 g/mol. The number of hydrogen-bond acceptors (Lipinski definition) is 3. The van der Waals surface area contributed by atoms with Gasteiger partial charge in [-0.25, -0.2) is 4.98 Å². The molecule has 0 radical (unpaired) electrons. The van der Waals surface area contributed by atoms with Gasteiger partial charge in [-0.05, 0) is 36.8 Å². The summed E-state index contributed by atoms with van der Waals surface area (Å²) in [5.41, 5.74) is 2.15. The van der Waals surface area contributed by atoms with Crippen molar-refractivity contribution in [3.63, 3.8) is 0 Å². The Morgan fingerprint density at radius 3 is 2.36 bits per heavy atom. The molecule has 28 heavy (non-hydrogen) atoms. The molecule has 0 aliphatic carbocycles. The highest BCUT2D eigenvalue weighted by Crippen LogP contribution is 2.24. The zero-order chi connectivity index (χ0) is 19.5. The average molecular weight is 391 g/mol. The largest absolute Gasteiger partial charge is 0.366 e. The zero-order valence-electron chi connectivity index (χ0n) is 15.4. The molecule has 3 aromatic carbocycles. The molecule has 0 spiro atoms. The Morgan fingerprint density at radius 1 is 0.964 bits per heavy atom. The summed E-state index contributed by atoms with van der Waals surface area (Å²) in [6.45, 7) is 2.33. The van der Waals surface area contributed by atoms with Gasteiger partial charge in [-0.15, -0.1) is 0 Å². The molecule has 4 nitrogen and oxygen atoms in total. The second-order valence-electron chi connectivity index (χ2n) is 6.52. The van der Waals surface area contributed by atoms with Gasteiger partial charge in [0.05, 0.1) is 28.2 Å². The smallest absolute Gasteiger partial charge is 0.267 e. The number of benzene rings is 3. The third-order valence-electron chi connectivity index (χ3n) is 4.59. The second kappa shape index (κ2) is 7.97. The molecule has 0 amide bonds. The van der Waals surface area contributed by atoms with Gasteiger partial charge in [0.25, 0.3) is 5.56 Å². The fourth-order valence-corrected chi connectivity index (χ4v) is 3.43. The van der Waals surface area contributed by atoms with Crippen LogP contribution in [0.4, 0.5) is 0 Å². The molecule has 4 aromatic rings. The lowest BCUT2D eigenvalue weighted by Gasteiger charge is -2.19. The van der Waals surface area contributed by atoms with Crippen LogP contribution < -0.4 is 5.56 Å². The van der Waals surface area contributed by atoms with Crippen molar-refractivity contribution in [1.82, 2.24) is 9.55 Å². The maximum absolute atomic E-state index is 13.3. The number of nitrogens with zero attached hydrogens (tertiary/aromatic N) is 2. The standard InChI is InChI=1S/C23H19ClN2O2/c1-16(28-15-17-9-4-2-5-10-17)22-25-20-14-8-13-19(24)21(20)23(27)26(22)18-11-6-3-7-12-18/h2-14,16H,15H2,1H3. The van der Waals surface area contributed by atoms with E-state index in [1.165, 1.54) is 0 Å². The Hall–Kier alpha value is -2.95. The lowest BCUT2D eigenvalue weighted by Crippen LogP contribution is -2.26. The minimum absolute atomic E-state index is 0.202. The highest BCUT2D eigenvalue weighted by Gasteiger charge is 2.19. The van der Waals surface area contributed by atoms with E-state index in [9.17, 15) is 4.79 Å². The zero-order valence-corrected chi connectivity index (χ0v) is 16.1. The number of rotatable bonds is 5. The molecule has 1 heterocycles. The Kier molecular flexibility index (Phi) is 5.24. The number of hydrogen-bond donors (Lipinski definition) is 0. The first kappa shape index (κ1) is 18.4. The predicted octanol–water partition coefficient (Wildman–Crippen LogP) is 5.32. The molecule has 0 saturated heterocycles. The molecule has 0 bridgehead atoms. The van der Waals surface area contributed by atoms with Gasteiger partial charge in [0.1, 0.15) is 11.9 Å². The molecule has 1 atom stereocenters. The summed E-state index contributed by atoms with van der Waals surface area (Å²) >= 11 is 6.31.